The number of hydrogen-bond acceptors (Lipinski definition) is 0. The Morgan fingerprint density at radius 1 is 0.889 bits per heavy atom. The van der Waals surface area contributed by atoms with Crippen LogP contribution in [0.1, 0.15) is 44.9 Å². The third-order valence-corrected chi connectivity index (χ3v) is 2.93. The quantitative estimate of drug-likeness (QED) is 0.434. The zero-order valence-corrected chi connectivity index (χ0v) is 6.03. The van der Waals surface area contributed by atoms with Crippen molar-refractivity contribution < 1.29 is 0 Å². The van der Waals surface area contributed by atoms with Crippen molar-refractivity contribution in [3.63, 3.8) is 0 Å². The lowest BCUT2D eigenvalue weighted by Gasteiger charge is -2.14. The second-order valence-corrected chi connectivity index (χ2v) is 3.49. The van der Waals surface area contributed by atoms with Crippen LogP contribution in [0.2, 0.25) is 0 Å². The third-order valence-electron chi connectivity index (χ3n) is 2.93. The molecule has 0 bridgehead atoms. The fourth-order valence-electron chi connectivity index (χ4n) is 2.40. The van der Waals surface area contributed by atoms with Gasteiger partial charge in [0.05, 0.1) is 18.8 Å². The molecule has 1 atom stereocenters. The van der Waals surface area contributed by atoms with Gasteiger partial charge in [0.2, 0.25) is 0 Å². The molecule has 1 unspecified atom stereocenters. The normalized spacial score (nSPS) is 34.7. The summed E-state index contributed by atoms with van der Waals surface area (Å²) in [5, 5.41) is 0. The summed E-state index contributed by atoms with van der Waals surface area (Å²) >= 11 is 0. The Bertz CT molecular complexity index is 84.2. The summed E-state index contributed by atoms with van der Waals surface area (Å²) in [7, 11) is 0. The van der Waals surface area contributed by atoms with Crippen LogP contribution in [0.3, 0.4) is 0 Å². The molecule has 0 saturated heterocycles. The first kappa shape index (κ1) is 5.64. The van der Waals surface area contributed by atoms with Crippen molar-refractivity contribution in [1.29, 1.82) is 0 Å². The lowest BCUT2D eigenvalue weighted by Crippen LogP contribution is -2.10. The SMILES string of the molecule is C1CCC2CCC[C+]2C1. The van der Waals surface area contributed by atoms with Crippen molar-refractivity contribution in [2.75, 3.05) is 0 Å². The van der Waals surface area contributed by atoms with Crippen LogP contribution in [0.5, 0.6) is 0 Å². The van der Waals surface area contributed by atoms with Gasteiger partial charge in [0, 0.05) is 0 Å². The van der Waals surface area contributed by atoms with Gasteiger partial charge in [-0.25, -0.2) is 0 Å². The predicted molar refractivity (Wildman–Crippen MR) is 39.1 cm³/mol. The van der Waals surface area contributed by atoms with Gasteiger partial charge in [-0.2, -0.15) is 0 Å². The molecule has 0 N–H and O–H groups in total. The molecule has 0 nitrogen and oxygen atoms in total. The van der Waals surface area contributed by atoms with Gasteiger partial charge in [-0.15, -0.1) is 0 Å². The van der Waals surface area contributed by atoms with E-state index in [0.717, 1.165) is 5.92 Å². The lowest BCUT2D eigenvalue weighted by molar-refractivity contribution is 0.418. The number of hydrogen-bond donors (Lipinski definition) is 0. The van der Waals surface area contributed by atoms with Crippen LogP contribution in [-0.2, 0) is 0 Å². The van der Waals surface area contributed by atoms with Crippen molar-refractivity contribution in [3.05, 3.63) is 5.92 Å². The van der Waals surface area contributed by atoms with E-state index in [1.54, 1.807) is 0 Å². The third kappa shape index (κ3) is 0.953. The average Bonchev–Trinajstić information content (AvgIpc) is 2.33. The summed E-state index contributed by atoms with van der Waals surface area (Å²) in [6, 6.07) is 0. The van der Waals surface area contributed by atoms with E-state index in [-0.39, 0.29) is 0 Å². The molecule has 0 aromatic rings. The molecule has 0 aromatic carbocycles. The van der Waals surface area contributed by atoms with E-state index in [1.165, 1.54) is 44.9 Å². The molecule has 0 amide bonds. The van der Waals surface area contributed by atoms with Gasteiger partial charge < -0.3 is 0 Å². The van der Waals surface area contributed by atoms with Crippen molar-refractivity contribution in [2.45, 2.75) is 44.9 Å². The summed E-state index contributed by atoms with van der Waals surface area (Å²) < 4.78 is 0. The molecule has 0 radical (unpaired) electrons. The monoisotopic (exact) mass is 123 g/mol. The van der Waals surface area contributed by atoms with Gasteiger partial charge in [0.1, 0.15) is 5.92 Å². The maximum atomic E-state index is 1.92. The molecule has 2 fully saturated rings. The van der Waals surface area contributed by atoms with Crippen LogP contribution in [0.15, 0.2) is 0 Å². The summed E-state index contributed by atoms with van der Waals surface area (Å²) in [4.78, 5) is 0. The first-order valence-corrected chi connectivity index (χ1v) is 4.31. The summed E-state index contributed by atoms with van der Waals surface area (Å²) in [6.45, 7) is 0. The summed E-state index contributed by atoms with van der Waals surface area (Å²) in [6.07, 6.45) is 10.5. The smallest absolute Gasteiger partial charge is 0.0449 e. The molecule has 0 heterocycles. The maximum absolute atomic E-state index is 1.92. The highest BCUT2D eigenvalue weighted by atomic mass is 14.3. The fraction of sp³-hybridized carbons (Fsp3) is 0.889. The summed E-state index contributed by atoms with van der Waals surface area (Å²) in [5.41, 5.74) is 0. The highest BCUT2D eigenvalue weighted by Crippen LogP contribution is 2.43. The van der Waals surface area contributed by atoms with E-state index in [1.807, 2.05) is 5.92 Å². The molecule has 50 valence electrons. The minimum Gasteiger partial charge on any atom is -0.0449 e. The van der Waals surface area contributed by atoms with E-state index in [4.69, 9.17) is 0 Å². The average molecular weight is 123 g/mol. The zero-order valence-electron chi connectivity index (χ0n) is 6.03. The van der Waals surface area contributed by atoms with Gasteiger partial charge in [-0.3, -0.25) is 0 Å². The van der Waals surface area contributed by atoms with Crippen molar-refractivity contribution in [1.82, 2.24) is 0 Å². The largest absolute Gasteiger partial charge is 0.100 e. The topological polar surface area (TPSA) is 0 Å². The molecule has 0 spiro atoms. The molecule has 2 rings (SSSR count). The standard InChI is InChI=1S/C9H15/c1-2-5-9-7-3-6-8(9)4-1/h8H,1-7H2/q+1. The van der Waals surface area contributed by atoms with E-state index in [0.29, 0.717) is 0 Å². The van der Waals surface area contributed by atoms with E-state index in [2.05, 4.69) is 0 Å². The van der Waals surface area contributed by atoms with Crippen LogP contribution < -0.4 is 0 Å². The van der Waals surface area contributed by atoms with Crippen LogP contribution in [-0.4, -0.2) is 0 Å². The molecule has 9 heavy (non-hydrogen) atoms. The molecule has 2 aliphatic carbocycles. The first-order valence-electron chi connectivity index (χ1n) is 4.31. The molecule has 2 saturated carbocycles. The molecule has 2 aliphatic rings. The van der Waals surface area contributed by atoms with Crippen molar-refractivity contribution >= 4 is 0 Å². The predicted octanol–water partition coefficient (Wildman–Crippen LogP) is 2.93. The molecular formula is C9H15+. The lowest BCUT2D eigenvalue weighted by atomic mass is 9.82. The van der Waals surface area contributed by atoms with Crippen LogP contribution in [0.25, 0.3) is 0 Å². The second-order valence-electron chi connectivity index (χ2n) is 3.49. The van der Waals surface area contributed by atoms with Crippen LogP contribution in [0, 0.1) is 11.8 Å². The van der Waals surface area contributed by atoms with Gasteiger partial charge in [0.15, 0.2) is 0 Å². The molecule has 0 heteroatoms. The van der Waals surface area contributed by atoms with Gasteiger partial charge in [-0.05, 0) is 32.1 Å². The molecular weight excluding hydrogens is 108 g/mol. The second kappa shape index (κ2) is 2.24. The van der Waals surface area contributed by atoms with Gasteiger partial charge in [0.25, 0.3) is 0 Å². The van der Waals surface area contributed by atoms with E-state index in [9.17, 15) is 0 Å². The molecule has 0 aromatic heterocycles. The van der Waals surface area contributed by atoms with Crippen molar-refractivity contribution in [2.24, 2.45) is 5.92 Å². The van der Waals surface area contributed by atoms with Crippen LogP contribution in [0.4, 0.5) is 0 Å². The minimum absolute atomic E-state index is 1.08. The number of rotatable bonds is 0. The Balaban J connectivity index is 1.97. The van der Waals surface area contributed by atoms with Gasteiger partial charge in [-0.1, -0.05) is 0 Å². The highest BCUT2D eigenvalue weighted by molar-refractivity contribution is 5.03. The Labute approximate surface area is 57.6 Å². The number of fused-ring (bicyclic) bond motifs is 1. The van der Waals surface area contributed by atoms with Crippen molar-refractivity contribution in [3.8, 4) is 0 Å². The Kier molecular flexibility index (Phi) is 1.41. The fourth-order valence-corrected chi connectivity index (χ4v) is 2.40. The Hall–Kier alpha value is -0.130. The zero-order chi connectivity index (χ0) is 6.10. The van der Waals surface area contributed by atoms with Gasteiger partial charge >= 0.3 is 0 Å². The Morgan fingerprint density at radius 3 is 2.56 bits per heavy atom. The maximum Gasteiger partial charge on any atom is 0.100 e. The van der Waals surface area contributed by atoms with E-state index < -0.39 is 0 Å². The Morgan fingerprint density at radius 2 is 1.67 bits per heavy atom. The molecule has 0 aliphatic heterocycles. The van der Waals surface area contributed by atoms with Crippen LogP contribution >= 0.6 is 0 Å². The summed E-state index contributed by atoms with van der Waals surface area (Å²) in [5.74, 6) is 3.00. The van der Waals surface area contributed by atoms with E-state index >= 15 is 0 Å². The first-order chi connectivity index (χ1) is 4.47. The highest BCUT2D eigenvalue weighted by Gasteiger charge is 2.38. The minimum atomic E-state index is 1.08.